The second-order valence-electron chi connectivity index (χ2n) is 9.66. The molecule has 3 rings (SSSR count). The van der Waals surface area contributed by atoms with Crippen LogP contribution in [0.4, 0.5) is 29.3 Å². The number of halogens is 4. The van der Waals surface area contributed by atoms with Crippen LogP contribution in [0.3, 0.4) is 0 Å². The van der Waals surface area contributed by atoms with Crippen molar-refractivity contribution in [1.29, 1.82) is 0 Å². The zero-order valence-corrected chi connectivity index (χ0v) is 24.2. The van der Waals surface area contributed by atoms with Gasteiger partial charge in [0.05, 0.1) is 23.5 Å². The van der Waals surface area contributed by atoms with Crippen molar-refractivity contribution in [2.75, 3.05) is 55.6 Å². The number of ether oxygens (including phenoxy) is 2. The molecular formula is C24H30BrF3N4O6S. The van der Waals surface area contributed by atoms with Crippen LogP contribution in [0.25, 0.3) is 0 Å². The fourth-order valence-electron chi connectivity index (χ4n) is 3.77. The minimum Gasteiger partial charge on any atom is -0.474 e. The van der Waals surface area contributed by atoms with Gasteiger partial charge in [-0.05, 0) is 45.0 Å². The van der Waals surface area contributed by atoms with Crippen molar-refractivity contribution in [2.45, 2.75) is 37.4 Å². The lowest BCUT2D eigenvalue weighted by Crippen LogP contribution is -2.50. The molecule has 1 aliphatic heterocycles. The molecule has 10 nitrogen and oxygen atoms in total. The monoisotopic (exact) mass is 638 g/mol. The number of hydrogen-bond donors (Lipinski definition) is 1. The largest absolute Gasteiger partial charge is 0.474 e. The number of carbonyl (C=O) groups excluding carboxylic acids is 1. The van der Waals surface area contributed by atoms with Crippen LogP contribution in [0.2, 0.25) is 0 Å². The molecule has 0 atom stereocenters. The Kier molecular flexibility index (Phi) is 9.27. The van der Waals surface area contributed by atoms with Gasteiger partial charge in [0.25, 0.3) is 10.0 Å². The number of aliphatic hydroxyl groups excluding tert-OH is 1. The molecular weight excluding hydrogens is 609 g/mol. The number of pyridine rings is 1. The Morgan fingerprint density at radius 3 is 2.36 bits per heavy atom. The highest BCUT2D eigenvalue weighted by molar-refractivity contribution is 9.10. The van der Waals surface area contributed by atoms with Gasteiger partial charge < -0.3 is 24.4 Å². The summed E-state index contributed by atoms with van der Waals surface area (Å²) in [5.74, 6) is -0.563. The Labute approximate surface area is 233 Å². The third-order valence-electron chi connectivity index (χ3n) is 5.66. The zero-order valence-electron chi connectivity index (χ0n) is 21.8. The van der Waals surface area contributed by atoms with Crippen molar-refractivity contribution in [3.63, 3.8) is 0 Å². The molecule has 0 saturated carbocycles. The zero-order chi connectivity index (χ0) is 29.2. The highest BCUT2D eigenvalue weighted by Gasteiger charge is 2.36. The van der Waals surface area contributed by atoms with Crippen LogP contribution in [0.15, 0.2) is 39.8 Å². The number of aromatic nitrogens is 1. The SMILES string of the molecule is CN(c1cc(Br)ccc1N1CCN(C(=O)OC(C)(C)C)CC1)S(=O)(=O)c1cc(C(F)(F)F)cnc1OCCO. The summed E-state index contributed by atoms with van der Waals surface area (Å²) < 4.78 is 79.6. The number of hydrogen-bond acceptors (Lipinski definition) is 8. The second-order valence-corrected chi connectivity index (χ2v) is 12.5. The van der Waals surface area contributed by atoms with E-state index in [1.165, 1.54) is 13.1 Å². The first-order valence-corrected chi connectivity index (χ1v) is 14.1. The van der Waals surface area contributed by atoms with Gasteiger partial charge in [0, 0.05) is 43.9 Å². The molecule has 0 unspecified atom stereocenters. The third-order valence-corrected chi connectivity index (χ3v) is 7.92. The molecule has 0 radical (unpaired) electrons. The first-order valence-electron chi connectivity index (χ1n) is 11.9. The molecule has 2 heterocycles. The Bertz CT molecular complexity index is 1300. The normalized spacial score (nSPS) is 14.8. The Morgan fingerprint density at radius 1 is 1.15 bits per heavy atom. The van der Waals surface area contributed by atoms with Crippen molar-refractivity contribution in [1.82, 2.24) is 9.88 Å². The van der Waals surface area contributed by atoms with Crippen LogP contribution < -0.4 is 13.9 Å². The van der Waals surface area contributed by atoms with Crippen molar-refractivity contribution >= 4 is 43.4 Å². The summed E-state index contributed by atoms with van der Waals surface area (Å²) in [5, 5.41) is 9.08. The maximum absolute atomic E-state index is 13.7. The van der Waals surface area contributed by atoms with Gasteiger partial charge in [-0.2, -0.15) is 13.2 Å². The van der Waals surface area contributed by atoms with Crippen LogP contribution in [0, 0.1) is 0 Å². The fourth-order valence-corrected chi connectivity index (χ4v) is 5.43. The highest BCUT2D eigenvalue weighted by Crippen LogP contribution is 2.38. The van der Waals surface area contributed by atoms with E-state index in [0.29, 0.717) is 48.6 Å². The van der Waals surface area contributed by atoms with E-state index >= 15 is 0 Å². The Morgan fingerprint density at radius 2 is 1.79 bits per heavy atom. The quantitative estimate of drug-likeness (QED) is 0.482. The van der Waals surface area contributed by atoms with Gasteiger partial charge in [-0.15, -0.1) is 0 Å². The molecule has 1 N–H and O–H groups in total. The number of benzene rings is 1. The van der Waals surface area contributed by atoms with Gasteiger partial charge in [0.1, 0.15) is 12.2 Å². The van der Waals surface area contributed by atoms with Crippen molar-refractivity contribution in [3.05, 3.63) is 40.5 Å². The number of rotatable bonds is 7. The molecule has 1 amide bonds. The van der Waals surface area contributed by atoms with E-state index in [-0.39, 0.29) is 12.3 Å². The van der Waals surface area contributed by atoms with E-state index in [1.54, 1.807) is 37.8 Å². The summed E-state index contributed by atoms with van der Waals surface area (Å²) in [4.78, 5) is 18.7. The first kappa shape index (κ1) is 30.8. The fraction of sp³-hybridized carbons (Fsp3) is 0.500. The Hall–Kier alpha value is -2.78. The number of carbonyl (C=O) groups is 1. The molecule has 39 heavy (non-hydrogen) atoms. The molecule has 0 spiro atoms. The molecule has 0 aliphatic carbocycles. The van der Waals surface area contributed by atoms with E-state index in [2.05, 4.69) is 20.9 Å². The molecule has 2 aromatic rings. The van der Waals surface area contributed by atoms with Gasteiger partial charge in [0.15, 0.2) is 4.90 Å². The Balaban J connectivity index is 1.96. The van der Waals surface area contributed by atoms with Crippen molar-refractivity contribution < 1.29 is 41.0 Å². The van der Waals surface area contributed by atoms with Gasteiger partial charge in [-0.1, -0.05) is 15.9 Å². The average Bonchev–Trinajstić information content (AvgIpc) is 2.85. The summed E-state index contributed by atoms with van der Waals surface area (Å²) in [6.45, 7) is 5.80. The maximum atomic E-state index is 13.7. The van der Waals surface area contributed by atoms with Crippen LogP contribution in [0.5, 0.6) is 5.88 Å². The van der Waals surface area contributed by atoms with E-state index in [1.807, 2.05) is 4.90 Å². The standard InChI is InChI=1S/C24H30BrF3N4O6S/c1-23(2,3)38-22(34)32-9-7-31(8-10-32)18-6-5-17(25)14-19(18)30(4)39(35,36)20-13-16(24(26,27)28)15-29-21(20)37-12-11-33/h5-6,13-15,33H,7-12H2,1-4H3. The van der Waals surface area contributed by atoms with Gasteiger partial charge in [-0.25, -0.2) is 18.2 Å². The van der Waals surface area contributed by atoms with Gasteiger partial charge >= 0.3 is 12.3 Å². The van der Waals surface area contributed by atoms with Crippen LogP contribution in [-0.2, 0) is 20.9 Å². The van der Waals surface area contributed by atoms with E-state index in [0.717, 1.165) is 4.31 Å². The summed E-state index contributed by atoms with van der Waals surface area (Å²) in [5.41, 5.74) is -1.24. The number of sulfonamides is 1. The third kappa shape index (κ3) is 7.45. The number of piperazine rings is 1. The molecule has 1 aromatic heterocycles. The maximum Gasteiger partial charge on any atom is 0.417 e. The summed E-state index contributed by atoms with van der Waals surface area (Å²) in [6.07, 6.45) is -4.83. The molecule has 1 aromatic carbocycles. The molecule has 1 aliphatic rings. The number of anilines is 2. The van der Waals surface area contributed by atoms with Crippen molar-refractivity contribution in [2.24, 2.45) is 0 Å². The summed E-state index contributed by atoms with van der Waals surface area (Å²) in [6, 6.07) is 5.38. The van der Waals surface area contributed by atoms with Crippen LogP contribution in [0.1, 0.15) is 26.3 Å². The molecule has 0 bridgehead atoms. The van der Waals surface area contributed by atoms with Crippen molar-refractivity contribution in [3.8, 4) is 5.88 Å². The van der Waals surface area contributed by atoms with E-state index < -0.39 is 50.8 Å². The topological polar surface area (TPSA) is 113 Å². The predicted molar refractivity (Wildman–Crippen MR) is 142 cm³/mol. The number of nitrogens with zero attached hydrogens (tertiary/aromatic N) is 4. The summed E-state index contributed by atoms with van der Waals surface area (Å²) >= 11 is 3.33. The second kappa shape index (κ2) is 11.8. The molecule has 216 valence electrons. The number of aliphatic hydroxyl groups is 1. The minimum absolute atomic E-state index is 0.181. The predicted octanol–water partition coefficient (Wildman–Crippen LogP) is 4.12. The summed E-state index contributed by atoms with van der Waals surface area (Å²) in [7, 11) is -3.41. The number of alkyl halides is 3. The highest BCUT2D eigenvalue weighted by atomic mass is 79.9. The molecule has 1 fully saturated rings. The lowest BCUT2D eigenvalue weighted by Gasteiger charge is -2.38. The van der Waals surface area contributed by atoms with E-state index in [9.17, 15) is 26.4 Å². The average molecular weight is 639 g/mol. The van der Waals surface area contributed by atoms with Gasteiger partial charge in [0.2, 0.25) is 5.88 Å². The first-order chi connectivity index (χ1) is 18.0. The van der Waals surface area contributed by atoms with Crippen LogP contribution >= 0.6 is 15.9 Å². The molecule has 1 saturated heterocycles. The van der Waals surface area contributed by atoms with Crippen LogP contribution in [-0.4, -0.2) is 81.5 Å². The van der Waals surface area contributed by atoms with Gasteiger partial charge in [-0.3, -0.25) is 4.31 Å². The lowest BCUT2D eigenvalue weighted by molar-refractivity contribution is -0.138. The smallest absolute Gasteiger partial charge is 0.417 e. The minimum atomic E-state index is -4.85. The van der Waals surface area contributed by atoms with E-state index in [4.69, 9.17) is 14.6 Å². The molecule has 15 heteroatoms. The lowest BCUT2D eigenvalue weighted by atomic mass is 10.2. The number of amides is 1.